The van der Waals surface area contributed by atoms with Crippen LogP contribution >= 0.6 is 0 Å². The topological polar surface area (TPSA) is 32.3 Å². The molecule has 2 saturated heterocycles. The van der Waals surface area contributed by atoms with Crippen LogP contribution in [0.1, 0.15) is 10.4 Å². The van der Waals surface area contributed by atoms with Gasteiger partial charge in [-0.15, -0.1) is 0 Å². The van der Waals surface area contributed by atoms with Crippen LogP contribution in [0.3, 0.4) is 0 Å². The first-order valence-electron chi connectivity index (χ1n) is 8.17. The monoisotopic (exact) mass is 328 g/mol. The van der Waals surface area contributed by atoms with Gasteiger partial charge in [0.15, 0.2) is 0 Å². The third-order valence-corrected chi connectivity index (χ3v) is 5.05. The van der Waals surface area contributed by atoms with Crippen molar-refractivity contribution >= 4 is 5.91 Å². The number of rotatable bonds is 2. The average molecular weight is 328 g/mol. The van der Waals surface area contributed by atoms with Crippen molar-refractivity contribution in [1.29, 1.82) is 0 Å². The maximum Gasteiger partial charge on any atom is 0.256 e. The summed E-state index contributed by atoms with van der Waals surface area (Å²) < 4.78 is 27.5. The molecule has 124 valence electrons. The van der Waals surface area contributed by atoms with Crippen molar-refractivity contribution < 1.29 is 13.6 Å². The molecule has 0 aliphatic carbocycles. The second-order valence-electron chi connectivity index (χ2n) is 6.59. The normalized spacial score (nSPS) is 22.7. The van der Waals surface area contributed by atoms with Crippen molar-refractivity contribution in [3.8, 4) is 11.1 Å². The molecular formula is C19H18F2N2O. The number of hydrogen-bond donors (Lipinski definition) is 1. The highest BCUT2D eigenvalue weighted by Gasteiger charge is 2.38. The summed E-state index contributed by atoms with van der Waals surface area (Å²) in [6.07, 6.45) is 0. The fourth-order valence-corrected chi connectivity index (χ4v) is 3.70. The zero-order valence-electron chi connectivity index (χ0n) is 13.1. The van der Waals surface area contributed by atoms with Gasteiger partial charge in [-0.3, -0.25) is 4.79 Å². The summed E-state index contributed by atoms with van der Waals surface area (Å²) in [5.41, 5.74) is 1.46. The van der Waals surface area contributed by atoms with Crippen LogP contribution in [0.25, 0.3) is 11.1 Å². The smallest absolute Gasteiger partial charge is 0.256 e. The number of nitrogens with one attached hydrogen (secondary N) is 1. The van der Waals surface area contributed by atoms with Crippen LogP contribution in [0.15, 0.2) is 42.5 Å². The van der Waals surface area contributed by atoms with E-state index in [2.05, 4.69) is 5.32 Å². The number of fused-ring (bicyclic) bond motifs is 1. The van der Waals surface area contributed by atoms with Crippen LogP contribution in [-0.4, -0.2) is 37.0 Å². The summed E-state index contributed by atoms with van der Waals surface area (Å²) in [5.74, 6) is -0.143. The Hall–Kier alpha value is -2.27. The van der Waals surface area contributed by atoms with Crippen LogP contribution in [-0.2, 0) is 0 Å². The first kappa shape index (κ1) is 15.3. The lowest BCUT2D eigenvalue weighted by Crippen LogP contribution is -2.32. The van der Waals surface area contributed by atoms with E-state index in [1.165, 1.54) is 24.3 Å². The predicted octanol–water partition coefficient (Wildman–Crippen LogP) is 2.92. The summed E-state index contributed by atoms with van der Waals surface area (Å²) in [6, 6.07) is 10.5. The van der Waals surface area contributed by atoms with E-state index in [9.17, 15) is 13.6 Å². The highest BCUT2D eigenvalue weighted by molar-refractivity contribution is 5.95. The molecule has 5 heteroatoms. The molecule has 24 heavy (non-hydrogen) atoms. The fraction of sp³-hybridized carbons (Fsp3) is 0.316. The first-order chi connectivity index (χ1) is 11.6. The molecule has 0 spiro atoms. The van der Waals surface area contributed by atoms with Gasteiger partial charge in [-0.05, 0) is 47.2 Å². The zero-order valence-corrected chi connectivity index (χ0v) is 13.1. The maximum atomic E-state index is 14.5. The Morgan fingerprint density at radius 2 is 1.58 bits per heavy atom. The molecule has 0 bridgehead atoms. The van der Waals surface area contributed by atoms with Crippen molar-refractivity contribution in [2.75, 3.05) is 26.2 Å². The second kappa shape index (κ2) is 5.98. The molecule has 1 N–H and O–H groups in total. The van der Waals surface area contributed by atoms with E-state index in [4.69, 9.17) is 0 Å². The summed E-state index contributed by atoms with van der Waals surface area (Å²) >= 11 is 0. The van der Waals surface area contributed by atoms with Gasteiger partial charge in [-0.1, -0.05) is 18.2 Å². The quantitative estimate of drug-likeness (QED) is 0.919. The largest absolute Gasteiger partial charge is 0.338 e. The summed E-state index contributed by atoms with van der Waals surface area (Å²) in [5, 5.41) is 3.33. The molecule has 0 unspecified atom stereocenters. The van der Waals surface area contributed by atoms with E-state index < -0.39 is 5.82 Å². The van der Waals surface area contributed by atoms with Crippen molar-refractivity contribution in [2.45, 2.75) is 0 Å². The Bertz CT molecular complexity index is 763. The lowest BCUT2D eigenvalue weighted by molar-refractivity contribution is 0.0777. The molecule has 4 rings (SSSR count). The van der Waals surface area contributed by atoms with Crippen molar-refractivity contribution in [2.24, 2.45) is 11.8 Å². The van der Waals surface area contributed by atoms with Crippen LogP contribution in [0, 0.1) is 23.5 Å². The molecule has 2 aliphatic rings. The number of halogens is 2. The molecule has 2 aromatic carbocycles. The maximum absolute atomic E-state index is 14.5. The van der Waals surface area contributed by atoms with Crippen molar-refractivity contribution in [3.05, 3.63) is 59.7 Å². The Labute approximate surface area is 139 Å². The molecule has 2 aromatic rings. The Balaban J connectivity index is 1.56. The molecule has 2 atom stereocenters. The molecular weight excluding hydrogens is 310 g/mol. The van der Waals surface area contributed by atoms with Gasteiger partial charge in [-0.2, -0.15) is 0 Å². The van der Waals surface area contributed by atoms with Crippen LogP contribution in [0.4, 0.5) is 8.78 Å². The highest BCUT2D eigenvalue weighted by Crippen LogP contribution is 2.29. The third kappa shape index (κ3) is 2.69. The van der Waals surface area contributed by atoms with E-state index in [-0.39, 0.29) is 17.3 Å². The van der Waals surface area contributed by atoms with Gasteiger partial charge in [0, 0.05) is 26.2 Å². The minimum atomic E-state index is -0.531. The summed E-state index contributed by atoms with van der Waals surface area (Å²) in [4.78, 5) is 14.4. The molecule has 0 radical (unpaired) electrons. The molecule has 1 amide bonds. The summed E-state index contributed by atoms with van der Waals surface area (Å²) in [7, 11) is 0. The third-order valence-electron chi connectivity index (χ3n) is 5.05. The molecule has 0 aromatic heterocycles. The van der Waals surface area contributed by atoms with Gasteiger partial charge in [0.2, 0.25) is 0 Å². The number of amides is 1. The number of carbonyl (C=O) groups excluding carboxylic acids is 1. The molecule has 2 fully saturated rings. The minimum Gasteiger partial charge on any atom is -0.338 e. The zero-order chi connectivity index (χ0) is 16.7. The summed E-state index contributed by atoms with van der Waals surface area (Å²) in [6.45, 7) is 3.24. The molecule has 2 aliphatic heterocycles. The van der Waals surface area contributed by atoms with Gasteiger partial charge in [-0.25, -0.2) is 8.78 Å². The number of nitrogens with zero attached hydrogens (tertiary/aromatic N) is 1. The lowest BCUT2D eigenvalue weighted by Gasteiger charge is -2.18. The minimum absolute atomic E-state index is 0.105. The molecule has 3 nitrogen and oxygen atoms in total. The lowest BCUT2D eigenvalue weighted by atomic mass is 10.0. The number of likely N-dealkylation sites (tertiary alicyclic amines) is 1. The predicted molar refractivity (Wildman–Crippen MR) is 87.5 cm³/mol. The van der Waals surface area contributed by atoms with E-state index in [1.54, 1.807) is 23.1 Å². The average Bonchev–Trinajstić information content (AvgIpc) is 3.16. The van der Waals surface area contributed by atoms with Gasteiger partial charge in [0.25, 0.3) is 5.91 Å². The number of hydrogen-bond acceptors (Lipinski definition) is 2. The van der Waals surface area contributed by atoms with E-state index in [0.29, 0.717) is 30.5 Å². The van der Waals surface area contributed by atoms with Gasteiger partial charge in [0.05, 0.1) is 5.56 Å². The van der Waals surface area contributed by atoms with Crippen LogP contribution in [0.2, 0.25) is 0 Å². The van der Waals surface area contributed by atoms with Crippen LogP contribution < -0.4 is 5.32 Å². The Kier molecular flexibility index (Phi) is 3.81. The van der Waals surface area contributed by atoms with Gasteiger partial charge in [0.1, 0.15) is 11.6 Å². The van der Waals surface area contributed by atoms with Crippen molar-refractivity contribution in [3.63, 3.8) is 0 Å². The second-order valence-corrected chi connectivity index (χ2v) is 6.59. The van der Waals surface area contributed by atoms with Crippen molar-refractivity contribution in [1.82, 2.24) is 10.2 Å². The standard InChI is InChI=1S/C19H18F2N2O/c20-16-4-1-12(2-5-16)13-3-6-17(18(21)7-13)19(24)23-10-14-8-22-9-15(14)11-23/h1-7,14-15,22H,8-11H2/t14-,15+. The first-order valence-corrected chi connectivity index (χ1v) is 8.17. The van der Waals surface area contributed by atoms with Gasteiger partial charge >= 0.3 is 0 Å². The number of benzene rings is 2. The van der Waals surface area contributed by atoms with E-state index >= 15 is 0 Å². The van der Waals surface area contributed by atoms with Crippen LogP contribution in [0.5, 0.6) is 0 Å². The van der Waals surface area contributed by atoms with E-state index in [0.717, 1.165) is 18.7 Å². The number of carbonyl (C=O) groups is 1. The fourth-order valence-electron chi connectivity index (χ4n) is 3.70. The SMILES string of the molecule is O=C(c1ccc(-c2ccc(F)cc2)cc1F)N1C[C@H]2CNC[C@H]2C1. The highest BCUT2D eigenvalue weighted by atomic mass is 19.1. The van der Waals surface area contributed by atoms with Gasteiger partial charge < -0.3 is 10.2 Å². The molecule has 0 saturated carbocycles. The van der Waals surface area contributed by atoms with E-state index in [1.807, 2.05) is 0 Å². The Morgan fingerprint density at radius 3 is 2.21 bits per heavy atom. The Morgan fingerprint density at radius 1 is 0.958 bits per heavy atom. The molecule has 2 heterocycles.